The van der Waals surface area contributed by atoms with Gasteiger partial charge in [-0.1, -0.05) is 12.1 Å². The molecule has 3 N–H and O–H groups in total. The molecule has 2 atom stereocenters. The summed E-state index contributed by atoms with van der Waals surface area (Å²) in [6, 6.07) is 6.31. The third kappa shape index (κ3) is 3.03. The molecule has 1 aromatic carbocycles. The molecule has 2 aliphatic heterocycles. The number of ether oxygens (including phenoxy) is 2. The minimum Gasteiger partial charge on any atom is -0.481 e. The molecular weight excluding hydrogens is 310 g/mol. The zero-order valence-corrected chi connectivity index (χ0v) is 14.2. The number of anilines is 1. The van der Waals surface area contributed by atoms with Gasteiger partial charge in [0, 0.05) is 13.0 Å². The molecule has 0 aromatic heterocycles. The van der Waals surface area contributed by atoms with Crippen molar-refractivity contribution in [3.8, 4) is 5.75 Å². The summed E-state index contributed by atoms with van der Waals surface area (Å²) in [5.41, 5.74) is 5.23. The van der Waals surface area contributed by atoms with Crippen molar-refractivity contribution >= 4 is 17.7 Å². The molecular formula is C17H23N3O4. The zero-order chi connectivity index (χ0) is 17.5. The summed E-state index contributed by atoms with van der Waals surface area (Å²) in [5.74, 6) is 0.246. The van der Waals surface area contributed by atoms with Crippen molar-refractivity contribution in [1.82, 2.24) is 4.90 Å². The van der Waals surface area contributed by atoms with Crippen LogP contribution in [0.5, 0.6) is 5.75 Å². The largest absolute Gasteiger partial charge is 0.481 e. The van der Waals surface area contributed by atoms with Crippen LogP contribution in [0.3, 0.4) is 0 Å². The Morgan fingerprint density at radius 2 is 2.12 bits per heavy atom. The van der Waals surface area contributed by atoms with Gasteiger partial charge in [-0.05, 0) is 32.9 Å². The highest BCUT2D eigenvalue weighted by atomic mass is 16.6. The Hall–Kier alpha value is -2.28. The summed E-state index contributed by atoms with van der Waals surface area (Å²) in [6.07, 6.45) is 0.0444. The number of hydrogen-bond donors (Lipinski definition) is 2. The highest BCUT2D eigenvalue weighted by molar-refractivity contribution is 5.98. The second kappa shape index (κ2) is 5.66. The highest BCUT2D eigenvalue weighted by Crippen LogP contribution is 2.37. The van der Waals surface area contributed by atoms with E-state index in [1.807, 2.05) is 32.9 Å². The first-order valence-corrected chi connectivity index (χ1v) is 8.03. The van der Waals surface area contributed by atoms with E-state index in [-0.39, 0.29) is 12.5 Å². The van der Waals surface area contributed by atoms with Gasteiger partial charge in [-0.25, -0.2) is 4.79 Å². The number of likely N-dealkylation sites (tertiary alicyclic amines) is 1. The first-order chi connectivity index (χ1) is 11.2. The molecule has 0 aliphatic carbocycles. The number of nitrogens with one attached hydrogen (secondary N) is 1. The van der Waals surface area contributed by atoms with Crippen LogP contribution in [-0.4, -0.2) is 47.2 Å². The number of carbonyl (C=O) groups excluding carboxylic acids is 2. The average Bonchev–Trinajstić information content (AvgIpc) is 2.88. The lowest BCUT2D eigenvalue weighted by Crippen LogP contribution is -2.58. The number of rotatable bonds is 0. The van der Waals surface area contributed by atoms with Crippen molar-refractivity contribution < 1.29 is 19.1 Å². The van der Waals surface area contributed by atoms with Gasteiger partial charge in [-0.3, -0.25) is 4.79 Å². The van der Waals surface area contributed by atoms with Crippen molar-refractivity contribution in [2.45, 2.75) is 44.4 Å². The summed E-state index contributed by atoms with van der Waals surface area (Å²) in [7, 11) is 0. The van der Waals surface area contributed by atoms with Crippen LogP contribution < -0.4 is 15.8 Å². The summed E-state index contributed by atoms with van der Waals surface area (Å²) in [6.45, 7) is 6.08. The van der Waals surface area contributed by atoms with Crippen molar-refractivity contribution in [1.29, 1.82) is 0 Å². The zero-order valence-electron chi connectivity index (χ0n) is 14.2. The fourth-order valence-electron chi connectivity index (χ4n) is 3.02. The molecule has 130 valence electrons. The minimum atomic E-state index is -0.951. The molecule has 2 heterocycles. The van der Waals surface area contributed by atoms with Crippen LogP contribution in [0.15, 0.2) is 24.3 Å². The van der Waals surface area contributed by atoms with Gasteiger partial charge in [0.25, 0.3) is 0 Å². The summed E-state index contributed by atoms with van der Waals surface area (Å²) >= 11 is 0. The van der Waals surface area contributed by atoms with Gasteiger partial charge in [0.1, 0.15) is 17.4 Å². The molecule has 2 amide bonds. The van der Waals surface area contributed by atoms with Gasteiger partial charge < -0.3 is 25.4 Å². The third-order valence-electron chi connectivity index (χ3n) is 4.22. The van der Waals surface area contributed by atoms with Gasteiger partial charge in [0.15, 0.2) is 5.60 Å². The van der Waals surface area contributed by atoms with Crippen LogP contribution in [-0.2, 0) is 9.53 Å². The van der Waals surface area contributed by atoms with Crippen LogP contribution in [0.25, 0.3) is 0 Å². The second-order valence-corrected chi connectivity index (χ2v) is 7.28. The Morgan fingerprint density at radius 1 is 1.42 bits per heavy atom. The number of carbonyl (C=O) groups is 2. The fourth-order valence-corrected chi connectivity index (χ4v) is 3.02. The molecule has 7 heteroatoms. The number of amides is 2. The lowest BCUT2D eigenvalue weighted by molar-refractivity contribution is -0.121. The highest BCUT2D eigenvalue weighted by Gasteiger charge is 2.51. The van der Waals surface area contributed by atoms with E-state index in [9.17, 15) is 9.59 Å². The predicted octanol–water partition coefficient (Wildman–Crippen LogP) is 1.72. The van der Waals surface area contributed by atoms with Crippen LogP contribution >= 0.6 is 0 Å². The van der Waals surface area contributed by atoms with E-state index in [2.05, 4.69) is 5.32 Å². The second-order valence-electron chi connectivity index (χ2n) is 7.28. The Balaban J connectivity index is 1.85. The van der Waals surface area contributed by atoms with E-state index in [0.717, 1.165) is 0 Å². The molecule has 0 bridgehead atoms. The Morgan fingerprint density at radius 3 is 2.83 bits per heavy atom. The average molecular weight is 333 g/mol. The lowest BCUT2D eigenvalue weighted by atomic mass is 9.93. The maximum atomic E-state index is 12.4. The summed E-state index contributed by atoms with van der Waals surface area (Å²) in [4.78, 5) is 26.3. The van der Waals surface area contributed by atoms with E-state index < -0.39 is 23.3 Å². The van der Waals surface area contributed by atoms with Crippen molar-refractivity contribution in [3.05, 3.63) is 24.3 Å². The molecule has 7 nitrogen and oxygen atoms in total. The molecule has 2 unspecified atom stereocenters. The maximum absolute atomic E-state index is 12.4. The van der Waals surface area contributed by atoms with Crippen LogP contribution in [0, 0.1) is 0 Å². The van der Waals surface area contributed by atoms with Gasteiger partial charge in [-0.2, -0.15) is 0 Å². The van der Waals surface area contributed by atoms with Crippen LogP contribution in [0.1, 0.15) is 27.2 Å². The van der Waals surface area contributed by atoms with Gasteiger partial charge >= 0.3 is 6.09 Å². The lowest BCUT2D eigenvalue weighted by Gasteiger charge is -2.33. The van der Waals surface area contributed by atoms with Gasteiger partial charge in [0.05, 0.1) is 12.2 Å². The van der Waals surface area contributed by atoms with E-state index >= 15 is 0 Å². The fraction of sp³-hybridized carbons (Fsp3) is 0.529. The number of hydrogen-bond acceptors (Lipinski definition) is 5. The van der Waals surface area contributed by atoms with Crippen molar-refractivity contribution in [2.24, 2.45) is 5.73 Å². The monoisotopic (exact) mass is 333 g/mol. The predicted molar refractivity (Wildman–Crippen MR) is 88.8 cm³/mol. The summed E-state index contributed by atoms with van der Waals surface area (Å²) in [5, 5.41) is 2.78. The van der Waals surface area contributed by atoms with Crippen molar-refractivity contribution in [3.63, 3.8) is 0 Å². The first-order valence-electron chi connectivity index (χ1n) is 8.03. The number of fused-ring (bicyclic) bond motifs is 1. The standard InChI is InChI=1S/C17H23N3O4/c1-16(2,3)24-15(22)20-9-8-17(10-20)13(18)14(21)19-11-6-4-5-7-12(11)23-17/h4-7,13H,8-10,18H2,1-3H3,(H,19,21). The molecule has 1 aromatic rings. The van der Waals surface area contributed by atoms with Gasteiger partial charge in [0.2, 0.25) is 5.91 Å². The first kappa shape index (κ1) is 16.6. The van der Waals surface area contributed by atoms with E-state index in [1.54, 1.807) is 17.0 Å². The summed E-state index contributed by atoms with van der Waals surface area (Å²) < 4.78 is 11.5. The Labute approximate surface area is 141 Å². The van der Waals surface area contributed by atoms with Crippen LogP contribution in [0.2, 0.25) is 0 Å². The van der Waals surface area contributed by atoms with E-state index in [0.29, 0.717) is 24.4 Å². The minimum absolute atomic E-state index is 0.213. The Bertz CT molecular complexity index is 670. The molecule has 24 heavy (non-hydrogen) atoms. The number of nitrogens with zero attached hydrogens (tertiary/aromatic N) is 1. The number of benzene rings is 1. The molecule has 0 radical (unpaired) electrons. The number of para-hydroxylation sites is 2. The maximum Gasteiger partial charge on any atom is 0.410 e. The molecule has 2 aliphatic rings. The topological polar surface area (TPSA) is 93.9 Å². The van der Waals surface area contributed by atoms with Crippen molar-refractivity contribution in [2.75, 3.05) is 18.4 Å². The number of nitrogens with two attached hydrogens (primary N) is 1. The molecule has 3 rings (SSSR count). The van der Waals surface area contributed by atoms with Gasteiger partial charge in [-0.15, -0.1) is 0 Å². The normalized spacial score (nSPS) is 26.4. The van der Waals surface area contributed by atoms with E-state index in [1.165, 1.54) is 0 Å². The molecule has 1 fully saturated rings. The molecule has 0 saturated carbocycles. The SMILES string of the molecule is CC(C)(C)OC(=O)N1CCC2(C1)Oc1ccccc1NC(=O)C2N. The smallest absolute Gasteiger partial charge is 0.410 e. The molecule has 1 saturated heterocycles. The van der Waals surface area contributed by atoms with E-state index in [4.69, 9.17) is 15.2 Å². The molecule has 1 spiro atoms. The Kier molecular flexibility index (Phi) is 3.91. The third-order valence-corrected chi connectivity index (χ3v) is 4.22. The quantitative estimate of drug-likeness (QED) is 0.754. The van der Waals surface area contributed by atoms with Crippen LogP contribution in [0.4, 0.5) is 10.5 Å².